The highest BCUT2D eigenvalue weighted by Gasteiger charge is 2.15. The minimum absolute atomic E-state index is 0.0520. The molecule has 6 nitrogen and oxygen atoms in total. The summed E-state index contributed by atoms with van der Waals surface area (Å²) in [4.78, 5) is 14.5. The van der Waals surface area contributed by atoms with Crippen LogP contribution in [-0.4, -0.2) is 24.6 Å². The monoisotopic (exact) mass is 340 g/mol. The molecule has 130 valence electrons. The zero-order valence-electron chi connectivity index (χ0n) is 13.3. The predicted octanol–water partition coefficient (Wildman–Crippen LogP) is 3.22. The average Bonchev–Trinajstić information content (AvgIpc) is 3.00. The molecule has 0 unspecified atom stereocenters. The van der Waals surface area contributed by atoms with Crippen LogP contribution < -0.4 is 14.8 Å². The van der Waals surface area contributed by atoms with Gasteiger partial charge in [0, 0.05) is 5.56 Å². The van der Waals surface area contributed by atoms with Crippen molar-refractivity contribution in [2.24, 2.45) is 5.92 Å². The Balaban J connectivity index is 2.25. The van der Waals surface area contributed by atoms with Crippen molar-refractivity contribution in [1.29, 1.82) is 0 Å². The molecule has 0 saturated carbocycles. The summed E-state index contributed by atoms with van der Waals surface area (Å²) >= 11 is 0. The van der Waals surface area contributed by atoms with Gasteiger partial charge in [0.05, 0.1) is 18.8 Å². The highest BCUT2D eigenvalue weighted by molar-refractivity contribution is 5.60. The lowest BCUT2D eigenvalue weighted by Crippen LogP contribution is -2.09. The van der Waals surface area contributed by atoms with Gasteiger partial charge in [0.15, 0.2) is 11.5 Å². The Morgan fingerprint density at radius 1 is 1.33 bits per heavy atom. The van der Waals surface area contributed by atoms with Crippen LogP contribution in [0.1, 0.15) is 19.5 Å². The number of halogens is 2. The summed E-state index contributed by atoms with van der Waals surface area (Å²) in [6, 6.07) is 4.45. The second-order valence-corrected chi connectivity index (χ2v) is 5.39. The molecule has 0 fully saturated rings. The lowest BCUT2D eigenvalue weighted by atomic mass is 10.2. The van der Waals surface area contributed by atoms with E-state index < -0.39 is 6.61 Å². The number of carbonyl (C=O) groups is 1. The Morgan fingerprint density at radius 2 is 2.12 bits per heavy atom. The van der Waals surface area contributed by atoms with Gasteiger partial charge in [-0.2, -0.15) is 8.78 Å². The number of hydrogen-bond donors (Lipinski definition) is 1. The largest absolute Gasteiger partial charge is 0.489 e. The number of oxazole rings is 1. The average molecular weight is 340 g/mol. The van der Waals surface area contributed by atoms with Gasteiger partial charge in [-0.3, -0.25) is 4.79 Å². The third-order valence-electron chi connectivity index (χ3n) is 2.90. The van der Waals surface area contributed by atoms with Gasteiger partial charge in [-0.25, -0.2) is 4.98 Å². The molecule has 2 rings (SSSR count). The van der Waals surface area contributed by atoms with Crippen LogP contribution in [0.4, 0.5) is 8.78 Å². The second-order valence-electron chi connectivity index (χ2n) is 5.39. The number of nitrogens with zero attached hydrogens (tertiary/aromatic N) is 1. The molecule has 0 radical (unpaired) electrons. The van der Waals surface area contributed by atoms with Gasteiger partial charge in [0.1, 0.15) is 6.26 Å². The van der Waals surface area contributed by atoms with Crippen LogP contribution in [0.25, 0.3) is 11.5 Å². The molecule has 0 aliphatic rings. The molecule has 0 aliphatic heterocycles. The number of hydrogen-bond acceptors (Lipinski definition) is 5. The summed E-state index contributed by atoms with van der Waals surface area (Å²) in [5.74, 6) is 0.641. The van der Waals surface area contributed by atoms with Gasteiger partial charge in [-0.05, 0) is 24.1 Å². The van der Waals surface area contributed by atoms with Gasteiger partial charge in [-0.1, -0.05) is 13.8 Å². The van der Waals surface area contributed by atoms with Crippen molar-refractivity contribution in [2.75, 3.05) is 6.61 Å². The molecule has 1 amide bonds. The number of carbonyl (C=O) groups excluding carboxylic acids is 1. The summed E-state index contributed by atoms with van der Waals surface area (Å²) in [7, 11) is 0. The fourth-order valence-electron chi connectivity index (χ4n) is 1.87. The first-order valence-corrected chi connectivity index (χ1v) is 7.33. The van der Waals surface area contributed by atoms with E-state index in [-0.39, 0.29) is 29.9 Å². The summed E-state index contributed by atoms with van der Waals surface area (Å²) in [6.45, 7) is 1.52. The number of amides is 1. The zero-order chi connectivity index (χ0) is 17.5. The molecule has 24 heavy (non-hydrogen) atoms. The first-order valence-electron chi connectivity index (χ1n) is 7.33. The number of benzene rings is 1. The normalized spacial score (nSPS) is 10.9. The van der Waals surface area contributed by atoms with Crippen LogP contribution >= 0.6 is 0 Å². The summed E-state index contributed by atoms with van der Waals surface area (Å²) in [5.41, 5.74) is 1.09. The Morgan fingerprint density at radius 3 is 2.79 bits per heavy atom. The van der Waals surface area contributed by atoms with Crippen molar-refractivity contribution in [3.8, 4) is 23.0 Å². The van der Waals surface area contributed by atoms with Crippen LogP contribution in [-0.2, 0) is 11.3 Å². The third-order valence-corrected chi connectivity index (χ3v) is 2.90. The molecule has 0 spiro atoms. The van der Waals surface area contributed by atoms with E-state index in [9.17, 15) is 13.6 Å². The number of aromatic nitrogens is 1. The van der Waals surface area contributed by atoms with Gasteiger partial charge < -0.3 is 19.2 Å². The van der Waals surface area contributed by atoms with Gasteiger partial charge in [0.2, 0.25) is 12.3 Å². The fraction of sp³-hybridized carbons (Fsp3) is 0.375. The maximum Gasteiger partial charge on any atom is 0.387 e. The molecule has 1 aromatic carbocycles. The van der Waals surface area contributed by atoms with Crippen LogP contribution in [0.5, 0.6) is 11.5 Å². The maximum absolute atomic E-state index is 12.5. The molecular weight excluding hydrogens is 322 g/mol. The molecule has 0 bridgehead atoms. The van der Waals surface area contributed by atoms with Crippen LogP contribution in [0.3, 0.4) is 0 Å². The van der Waals surface area contributed by atoms with E-state index in [0.717, 1.165) is 0 Å². The summed E-state index contributed by atoms with van der Waals surface area (Å²) in [6.07, 6.45) is 1.97. The molecule has 1 N–H and O–H groups in total. The van der Waals surface area contributed by atoms with E-state index in [2.05, 4.69) is 15.0 Å². The van der Waals surface area contributed by atoms with Crippen molar-refractivity contribution >= 4 is 6.41 Å². The zero-order valence-corrected chi connectivity index (χ0v) is 13.3. The quantitative estimate of drug-likeness (QED) is 0.710. The van der Waals surface area contributed by atoms with Crippen LogP contribution in [0.2, 0.25) is 0 Å². The van der Waals surface area contributed by atoms with Crippen LogP contribution in [0, 0.1) is 5.92 Å². The third kappa shape index (κ3) is 4.94. The standard InChI is InChI=1S/C16H18F2N2O4/c1-10(2)7-22-14-5-11(3-4-13(14)24-16(17)18)15-20-12(8-23-15)6-19-9-21/h3-5,8-10,16H,6-7H2,1-2H3,(H,19,21). The summed E-state index contributed by atoms with van der Waals surface area (Å²) < 4.78 is 40.4. The molecule has 1 heterocycles. The Hall–Kier alpha value is -2.64. The van der Waals surface area contributed by atoms with E-state index in [1.807, 2.05) is 13.8 Å². The number of alkyl halides is 2. The lowest BCUT2D eigenvalue weighted by molar-refractivity contribution is -0.109. The minimum Gasteiger partial charge on any atom is -0.489 e. The Bertz CT molecular complexity index is 674. The Kier molecular flexibility index (Phi) is 6.11. The second kappa shape index (κ2) is 8.28. The topological polar surface area (TPSA) is 73.6 Å². The molecule has 0 atom stereocenters. The predicted molar refractivity (Wildman–Crippen MR) is 81.8 cm³/mol. The first kappa shape index (κ1) is 17.7. The SMILES string of the molecule is CC(C)COc1cc(-c2nc(CNC=O)co2)ccc1OC(F)F. The van der Waals surface area contributed by atoms with Gasteiger partial charge in [0.25, 0.3) is 0 Å². The molecule has 0 saturated heterocycles. The molecule has 2 aromatic rings. The van der Waals surface area contributed by atoms with Gasteiger partial charge >= 0.3 is 6.61 Å². The summed E-state index contributed by atoms with van der Waals surface area (Å²) in [5, 5.41) is 2.47. The first-order chi connectivity index (χ1) is 11.5. The molecule has 0 aliphatic carbocycles. The van der Waals surface area contributed by atoms with Gasteiger partial charge in [-0.15, -0.1) is 0 Å². The van der Waals surface area contributed by atoms with E-state index in [1.54, 1.807) is 6.07 Å². The lowest BCUT2D eigenvalue weighted by Gasteiger charge is -2.14. The van der Waals surface area contributed by atoms with Crippen molar-refractivity contribution in [3.63, 3.8) is 0 Å². The Labute approximate surface area is 137 Å². The maximum atomic E-state index is 12.5. The molecule has 1 aromatic heterocycles. The number of nitrogens with one attached hydrogen (secondary N) is 1. The number of rotatable bonds is 9. The van der Waals surface area contributed by atoms with Crippen molar-refractivity contribution in [3.05, 3.63) is 30.2 Å². The smallest absolute Gasteiger partial charge is 0.387 e. The van der Waals surface area contributed by atoms with Crippen molar-refractivity contribution < 1.29 is 27.5 Å². The molecular formula is C16H18F2N2O4. The van der Waals surface area contributed by atoms with E-state index in [0.29, 0.717) is 24.3 Å². The number of ether oxygens (including phenoxy) is 2. The van der Waals surface area contributed by atoms with Crippen molar-refractivity contribution in [1.82, 2.24) is 10.3 Å². The molecule has 8 heteroatoms. The highest BCUT2D eigenvalue weighted by Crippen LogP contribution is 2.33. The minimum atomic E-state index is -2.94. The van der Waals surface area contributed by atoms with Crippen LogP contribution in [0.15, 0.2) is 28.9 Å². The fourth-order valence-corrected chi connectivity index (χ4v) is 1.87. The van der Waals surface area contributed by atoms with Crippen molar-refractivity contribution in [2.45, 2.75) is 27.0 Å². The van der Waals surface area contributed by atoms with E-state index in [4.69, 9.17) is 9.15 Å². The van der Waals surface area contributed by atoms with E-state index in [1.165, 1.54) is 18.4 Å². The highest BCUT2D eigenvalue weighted by atomic mass is 19.3. The van der Waals surface area contributed by atoms with E-state index >= 15 is 0 Å².